The molecular formula is C31H34N2O8. The predicted molar refractivity (Wildman–Crippen MR) is 153 cm³/mol. The molecule has 0 aromatic heterocycles. The van der Waals surface area contributed by atoms with E-state index >= 15 is 0 Å². The molecule has 0 fully saturated rings. The lowest BCUT2D eigenvalue weighted by molar-refractivity contribution is -0.137. The molecule has 3 aromatic carbocycles. The lowest BCUT2D eigenvalue weighted by Crippen LogP contribution is -2.43. The van der Waals surface area contributed by atoms with Crippen LogP contribution in [-0.2, 0) is 16.0 Å². The van der Waals surface area contributed by atoms with Crippen molar-refractivity contribution < 1.29 is 38.8 Å². The second-order valence-electron chi connectivity index (χ2n) is 9.65. The molecular weight excluding hydrogens is 528 g/mol. The molecule has 10 nitrogen and oxygen atoms in total. The number of para-hydroxylation sites is 1. The van der Waals surface area contributed by atoms with Crippen molar-refractivity contribution in [3.8, 4) is 11.5 Å². The zero-order valence-corrected chi connectivity index (χ0v) is 22.7. The zero-order valence-electron chi connectivity index (χ0n) is 22.7. The smallest absolute Gasteiger partial charge is 0.494 e. The number of hydrogen-bond donors (Lipinski definition) is 3. The Morgan fingerprint density at radius 2 is 1.68 bits per heavy atom. The third-order valence-corrected chi connectivity index (χ3v) is 6.59. The van der Waals surface area contributed by atoms with Crippen LogP contribution in [0.2, 0.25) is 0 Å². The molecule has 4 rings (SSSR count). The number of nitrogens with zero attached hydrogens (tertiary/aromatic N) is 1. The van der Waals surface area contributed by atoms with Crippen molar-refractivity contribution in [2.75, 3.05) is 29.9 Å². The average molecular weight is 563 g/mol. The number of benzene rings is 3. The molecule has 0 saturated carbocycles. The molecule has 0 saturated heterocycles. The summed E-state index contributed by atoms with van der Waals surface area (Å²) in [5.41, 5.74) is 2.69. The first-order chi connectivity index (χ1) is 19.9. The highest BCUT2D eigenvalue weighted by Crippen LogP contribution is 2.40. The molecule has 3 N–H and O–H groups in total. The van der Waals surface area contributed by atoms with Gasteiger partial charge in [-0.3, -0.25) is 9.59 Å². The van der Waals surface area contributed by atoms with Gasteiger partial charge in [0.05, 0.1) is 24.5 Å². The topological polar surface area (TPSA) is 135 Å². The van der Waals surface area contributed by atoms with Gasteiger partial charge < -0.3 is 34.6 Å². The number of aryl methyl sites for hydroxylation is 1. The van der Waals surface area contributed by atoms with E-state index in [0.29, 0.717) is 42.3 Å². The molecule has 1 atom stereocenters. The Hall–Kier alpha value is -4.73. The number of fused-ring (bicyclic) bond motifs is 1. The number of carboxylic acid groups (broad SMARTS) is 2. The molecule has 216 valence electrons. The van der Waals surface area contributed by atoms with E-state index in [2.05, 4.69) is 29.6 Å². The summed E-state index contributed by atoms with van der Waals surface area (Å²) in [6.45, 7) is 1.02. The minimum atomic E-state index is -1.50. The van der Waals surface area contributed by atoms with Crippen LogP contribution in [0.15, 0.2) is 72.8 Å². The van der Waals surface area contributed by atoms with Crippen molar-refractivity contribution in [3.05, 3.63) is 83.9 Å². The summed E-state index contributed by atoms with van der Waals surface area (Å²) in [6.07, 6.45) is 1.81. The van der Waals surface area contributed by atoms with Gasteiger partial charge in [-0.1, -0.05) is 36.4 Å². The van der Waals surface area contributed by atoms with Crippen LogP contribution in [0, 0.1) is 0 Å². The van der Waals surface area contributed by atoms with E-state index in [-0.39, 0.29) is 24.6 Å². The largest absolute Gasteiger partial charge is 0.508 e. The van der Waals surface area contributed by atoms with E-state index in [9.17, 15) is 14.4 Å². The maximum Gasteiger partial charge on any atom is 0.508 e. The van der Waals surface area contributed by atoms with Gasteiger partial charge in [-0.05, 0) is 74.1 Å². The van der Waals surface area contributed by atoms with Crippen molar-refractivity contribution in [1.29, 1.82) is 0 Å². The van der Waals surface area contributed by atoms with Gasteiger partial charge in [-0.2, -0.15) is 0 Å². The molecule has 0 aliphatic carbocycles. The number of hydrogen-bond acceptors (Lipinski definition) is 7. The molecule has 1 amide bonds. The SMILES string of the molecule is O=C(O)CCCN1CC(OC(=O)O)Oc2c(NC(=O)c3ccc(OCCCCCc4ccccc4)cc3)cccc21. The summed E-state index contributed by atoms with van der Waals surface area (Å²) in [5.74, 6) is -0.377. The first-order valence-electron chi connectivity index (χ1n) is 13.6. The first-order valence-corrected chi connectivity index (χ1v) is 13.6. The highest BCUT2D eigenvalue weighted by atomic mass is 16.8. The summed E-state index contributed by atoms with van der Waals surface area (Å²) >= 11 is 0. The second kappa shape index (κ2) is 14.6. The van der Waals surface area contributed by atoms with E-state index in [1.54, 1.807) is 47.4 Å². The van der Waals surface area contributed by atoms with Gasteiger partial charge in [0.2, 0.25) is 0 Å². The highest BCUT2D eigenvalue weighted by Gasteiger charge is 2.30. The molecule has 41 heavy (non-hydrogen) atoms. The van der Waals surface area contributed by atoms with Gasteiger partial charge in [-0.25, -0.2) is 4.79 Å². The van der Waals surface area contributed by atoms with Crippen LogP contribution < -0.4 is 19.7 Å². The Morgan fingerprint density at radius 1 is 0.902 bits per heavy atom. The van der Waals surface area contributed by atoms with Gasteiger partial charge in [0.1, 0.15) is 5.75 Å². The van der Waals surface area contributed by atoms with Crippen molar-refractivity contribution in [1.82, 2.24) is 0 Å². The molecule has 0 radical (unpaired) electrons. The second-order valence-corrected chi connectivity index (χ2v) is 9.65. The number of carbonyl (C=O) groups excluding carboxylic acids is 1. The predicted octanol–water partition coefficient (Wildman–Crippen LogP) is 5.82. The number of carbonyl (C=O) groups is 3. The molecule has 1 heterocycles. The van der Waals surface area contributed by atoms with Crippen LogP contribution in [0.4, 0.5) is 16.2 Å². The van der Waals surface area contributed by atoms with E-state index in [0.717, 1.165) is 25.7 Å². The van der Waals surface area contributed by atoms with Gasteiger partial charge >= 0.3 is 12.1 Å². The number of rotatable bonds is 14. The number of aliphatic carboxylic acids is 1. The van der Waals surface area contributed by atoms with Crippen molar-refractivity contribution in [2.24, 2.45) is 0 Å². The quantitative estimate of drug-likeness (QED) is 0.164. The number of amides is 1. The molecule has 3 aromatic rings. The van der Waals surface area contributed by atoms with Crippen molar-refractivity contribution in [2.45, 2.75) is 44.8 Å². The van der Waals surface area contributed by atoms with Crippen LogP contribution in [0.3, 0.4) is 0 Å². The maximum absolute atomic E-state index is 13.0. The Balaban J connectivity index is 1.32. The Kier molecular flexibility index (Phi) is 10.4. The Bertz CT molecular complexity index is 1310. The van der Waals surface area contributed by atoms with Gasteiger partial charge in [0, 0.05) is 18.5 Å². The first kappa shape index (κ1) is 29.3. The third-order valence-electron chi connectivity index (χ3n) is 6.59. The molecule has 1 unspecified atom stereocenters. The minimum absolute atomic E-state index is 0.0401. The van der Waals surface area contributed by atoms with Gasteiger partial charge in [-0.15, -0.1) is 0 Å². The Morgan fingerprint density at radius 3 is 2.41 bits per heavy atom. The molecule has 0 spiro atoms. The summed E-state index contributed by atoms with van der Waals surface area (Å²) in [5, 5.41) is 20.9. The molecule has 1 aliphatic heterocycles. The Labute approximate surface area is 238 Å². The number of nitrogens with one attached hydrogen (secondary N) is 1. The number of anilines is 2. The fraction of sp³-hybridized carbons (Fsp3) is 0.323. The minimum Gasteiger partial charge on any atom is -0.494 e. The third kappa shape index (κ3) is 8.89. The van der Waals surface area contributed by atoms with Crippen LogP contribution >= 0.6 is 0 Å². The molecule has 0 bridgehead atoms. The van der Waals surface area contributed by atoms with Gasteiger partial charge in [0.25, 0.3) is 12.2 Å². The van der Waals surface area contributed by atoms with E-state index < -0.39 is 18.4 Å². The molecule has 10 heteroatoms. The van der Waals surface area contributed by atoms with Crippen molar-refractivity contribution >= 4 is 29.4 Å². The van der Waals surface area contributed by atoms with Gasteiger partial charge in [0.15, 0.2) is 5.75 Å². The highest BCUT2D eigenvalue weighted by molar-refractivity contribution is 6.05. The average Bonchev–Trinajstić information content (AvgIpc) is 2.95. The van der Waals surface area contributed by atoms with E-state index in [1.165, 1.54) is 5.56 Å². The van der Waals surface area contributed by atoms with Crippen LogP contribution in [0.25, 0.3) is 0 Å². The standard InChI is InChI=1S/C31H34N2O8/c34-27(35)14-8-19-33-21-28(41-31(37)38)40-29-25(12-7-13-26(29)33)32-30(36)23-15-17-24(18-16-23)39-20-6-2-5-11-22-9-3-1-4-10-22/h1,3-4,7,9-10,12-13,15-18,28H,2,5-6,8,11,14,19-21H2,(H,32,36)(H,34,35)(H,37,38). The number of carboxylic acids is 1. The van der Waals surface area contributed by atoms with Crippen LogP contribution in [0.5, 0.6) is 11.5 Å². The monoisotopic (exact) mass is 562 g/mol. The van der Waals surface area contributed by atoms with Crippen LogP contribution in [0.1, 0.15) is 48.0 Å². The normalized spacial score (nSPS) is 14.0. The molecule has 1 aliphatic rings. The fourth-order valence-corrected chi connectivity index (χ4v) is 4.59. The lowest BCUT2D eigenvalue weighted by Gasteiger charge is -2.36. The summed E-state index contributed by atoms with van der Waals surface area (Å²) in [6, 6.07) is 22.4. The lowest BCUT2D eigenvalue weighted by atomic mass is 10.1. The fourth-order valence-electron chi connectivity index (χ4n) is 4.59. The summed E-state index contributed by atoms with van der Waals surface area (Å²) in [4.78, 5) is 36.9. The summed E-state index contributed by atoms with van der Waals surface area (Å²) < 4.78 is 16.5. The van der Waals surface area contributed by atoms with Crippen molar-refractivity contribution in [3.63, 3.8) is 0 Å². The van der Waals surface area contributed by atoms with Crippen LogP contribution in [-0.4, -0.2) is 54.2 Å². The summed E-state index contributed by atoms with van der Waals surface area (Å²) in [7, 11) is 0. The van der Waals surface area contributed by atoms with E-state index in [1.807, 2.05) is 6.07 Å². The number of unbranched alkanes of at least 4 members (excludes halogenated alkanes) is 2. The maximum atomic E-state index is 13.0. The number of ether oxygens (including phenoxy) is 3. The van der Waals surface area contributed by atoms with E-state index in [4.69, 9.17) is 24.4 Å². The zero-order chi connectivity index (χ0) is 29.0.